The molecule has 0 saturated carbocycles. The molecule has 0 spiro atoms. The Labute approximate surface area is 152 Å². The molecule has 0 bridgehead atoms. The number of nitrogens with zero attached hydrogens (tertiary/aromatic N) is 4. The van der Waals surface area contributed by atoms with E-state index in [1.54, 1.807) is 0 Å². The zero-order valence-electron chi connectivity index (χ0n) is 16.2. The number of anilines is 1. The van der Waals surface area contributed by atoms with Crippen LogP contribution in [0.25, 0.3) is 0 Å². The van der Waals surface area contributed by atoms with Crippen LogP contribution in [0.15, 0.2) is 6.07 Å². The highest BCUT2D eigenvalue weighted by atomic mass is 16.5. The summed E-state index contributed by atoms with van der Waals surface area (Å²) in [4.78, 5) is 14.2. The van der Waals surface area contributed by atoms with Crippen LogP contribution in [-0.2, 0) is 11.2 Å². The molecule has 5 heteroatoms. The number of rotatable bonds is 6. The maximum absolute atomic E-state index is 5.91. The summed E-state index contributed by atoms with van der Waals surface area (Å²) in [6.45, 7) is 8.41. The molecule has 0 aliphatic carbocycles. The Morgan fingerprint density at radius 1 is 1.20 bits per heavy atom. The number of aryl methyl sites for hydroxylation is 2. The molecular formula is C20H34N4O. The van der Waals surface area contributed by atoms with Crippen molar-refractivity contribution in [1.82, 2.24) is 14.9 Å². The molecule has 0 amide bonds. The molecule has 2 aliphatic heterocycles. The standard InChI is InChI=1S/C20H34N4O/c1-4-7-17-14-20(22-16(2)21-17)24-11-9-18(10-12-24)23(3)15-19-8-5-6-13-25-19/h14,18-19H,4-13,15H2,1-3H3/t19-/m0/s1. The molecule has 140 valence electrons. The Kier molecular flexibility index (Phi) is 6.65. The lowest BCUT2D eigenvalue weighted by atomic mass is 10.0. The van der Waals surface area contributed by atoms with Crippen LogP contribution >= 0.6 is 0 Å². The van der Waals surface area contributed by atoms with Crippen molar-refractivity contribution in [3.8, 4) is 0 Å². The van der Waals surface area contributed by atoms with Crippen LogP contribution in [-0.4, -0.2) is 60.3 Å². The van der Waals surface area contributed by atoms with Gasteiger partial charge in [0.2, 0.25) is 0 Å². The first kappa shape index (κ1) is 18.6. The highest BCUT2D eigenvalue weighted by Gasteiger charge is 2.26. The minimum atomic E-state index is 0.442. The van der Waals surface area contributed by atoms with Crippen LogP contribution in [0, 0.1) is 6.92 Å². The minimum absolute atomic E-state index is 0.442. The fraction of sp³-hybridized carbons (Fsp3) is 0.800. The van der Waals surface area contributed by atoms with Gasteiger partial charge in [0.1, 0.15) is 11.6 Å². The molecule has 1 aromatic heterocycles. The minimum Gasteiger partial charge on any atom is -0.377 e. The lowest BCUT2D eigenvalue weighted by molar-refractivity contribution is -0.00985. The lowest BCUT2D eigenvalue weighted by Crippen LogP contribution is -2.46. The summed E-state index contributed by atoms with van der Waals surface area (Å²) in [5.41, 5.74) is 1.18. The average molecular weight is 347 g/mol. The fourth-order valence-corrected chi connectivity index (χ4v) is 4.12. The van der Waals surface area contributed by atoms with Crippen molar-refractivity contribution in [2.24, 2.45) is 0 Å². The Morgan fingerprint density at radius 3 is 2.68 bits per heavy atom. The van der Waals surface area contributed by atoms with Gasteiger partial charge in [0.25, 0.3) is 0 Å². The fourth-order valence-electron chi connectivity index (χ4n) is 4.12. The quantitative estimate of drug-likeness (QED) is 0.791. The highest BCUT2D eigenvalue weighted by Crippen LogP contribution is 2.23. The van der Waals surface area contributed by atoms with E-state index in [0.717, 1.165) is 50.7 Å². The Balaban J connectivity index is 1.52. The zero-order chi connectivity index (χ0) is 17.6. The molecule has 3 rings (SSSR count). The Bertz CT molecular complexity index is 536. The first-order valence-corrected chi connectivity index (χ1v) is 10.1. The molecule has 2 aliphatic rings. The summed E-state index contributed by atoms with van der Waals surface area (Å²) in [5.74, 6) is 2.02. The van der Waals surface area contributed by atoms with Crippen molar-refractivity contribution in [2.45, 2.75) is 70.9 Å². The van der Waals surface area contributed by atoms with Crippen molar-refractivity contribution < 1.29 is 4.74 Å². The van der Waals surface area contributed by atoms with Gasteiger partial charge in [0.15, 0.2) is 0 Å². The maximum Gasteiger partial charge on any atom is 0.132 e. The maximum atomic E-state index is 5.91. The monoisotopic (exact) mass is 346 g/mol. The van der Waals surface area contributed by atoms with Gasteiger partial charge in [-0.3, -0.25) is 0 Å². The van der Waals surface area contributed by atoms with Crippen LogP contribution in [0.3, 0.4) is 0 Å². The molecule has 0 N–H and O–H groups in total. The van der Waals surface area contributed by atoms with Crippen molar-refractivity contribution in [2.75, 3.05) is 38.2 Å². The van der Waals surface area contributed by atoms with E-state index < -0.39 is 0 Å². The van der Waals surface area contributed by atoms with E-state index in [-0.39, 0.29) is 0 Å². The van der Waals surface area contributed by atoms with Crippen molar-refractivity contribution in [3.63, 3.8) is 0 Å². The topological polar surface area (TPSA) is 41.5 Å². The van der Waals surface area contributed by atoms with Gasteiger partial charge in [-0.15, -0.1) is 0 Å². The third kappa shape index (κ3) is 5.14. The van der Waals surface area contributed by atoms with Gasteiger partial charge in [-0.2, -0.15) is 0 Å². The van der Waals surface area contributed by atoms with E-state index in [0.29, 0.717) is 12.1 Å². The van der Waals surface area contributed by atoms with Crippen LogP contribution < -0.4 is 4.90 Å². The number of ether oxygens (including phenoxy) is 1. The molecule has 3 heterocycles. The van der Waals surface area contributed by atoms with Crippen LogP contribution in [0.1, 0.15) is 57.0 Å². The van der Waals surface area contributed by atoms with Crippen LogP contribution in [0.4, 0.5) is 5.82 Å². The van der Waals surface area contributed by atoms with Gasteiger partial charge in [-0.25, -0.2) is 9.97 Å². The normalized spacial score (nSPS) is 22.6. The van der Waals surface area contributed by atoms with Gasteiger partial charge in [-0.05, 0) is 52.5 Å². The molecule has 25 heavy (non-hydrogen) atoms. The predicted molar refractivity (Wildman–Crippen MR) is 102 cm³/mol. The molecule has 0 unspecified atom stereocenters. The average Bonchev–Trinajstić information content (AvgIpc) is 2.62. The van der Waals surface area contributed by atoms with Gasteiger partial charge in [0.05, 0.1) is 6.10 Å². The summed E-state index contributed by atoms with van der Waals surface area (Å²) in [6, 6.07) is 2.86. The van der Waals surface area contributed by atoms with Crippen LogP contribution in [0.2, 0.25) is 0 Å². The van der Waals surface area contributed by atoms with Gasteiger partial charge in [-0.1, -0.05) is 13.3 Å². The molecule has 0 aromatic carbocycles. The third-order valence-corrected chi connectivity index (χ3v) is 5.56. The Morgan fingerprint density at radius 2 is 2.00 bits per heavy atom. The number of hydrogen-bond donors (Lipinski definition) is 0. The van der Waals surface area contributed by atoms with E-state index in [1.807, 2.05) is 6.92 Å². The lowest BCUT2D eigenvalue weighted by Gasteiger charge is -2.39. The van der Waals surface area contributed by atoms with Gasteiger partial charge in [0, 0.05) is 44.0 Å². The van der Waals surface area contributed by atoms with Crippen molar-refractivity contribution in [1.29, 1.82) is 0 Å². The second-order valence-corrected chi connectivity index (χ2v) is 7.66. The van der Waals surface area contributed by atoms with E-state index in [2.05, 4.69) is 39.8 Å². The molecular weight excluding hydrogens is 312 g/mol. The Hall–Kier alpha value is -1.20. The number of aromatic nitrogens is 2. The van der Waals surface area contributed by atoms with Crippen LogP contribution in [0.5, 0.6) is 0 Å². The first-order valence-electron chi connectivity index (χ1n) is 10.1. The highest BCUT2D eigenvalue weighted by molar-refractivity contribution is 5.40. The molecule has 0 radical (unpaired) electrons. The predicted octanol–water partition coefficient (Wildman–Crippen LogP) is 3.21. The summed E-state index contributed by atoms with van der Waals surface area (Å²) < 4.78 is 5.91. The third-order valence-electron chi connectivity index (χ3n) is 5.56. The summed E-state index contributed by atoms with van der Waals surface area (Å²) >= 11 is 0. The van der Waals surface area contributed by atoms with E-state index in [9.17, 15) is 0 Å². The number of likely N-dealkylation sites (N-methyl/N-ethyl adjacent to an activating group) is 1. The molecule has 1 aromatic rings. The largest absolute Gasteiger partial charge is 0.377 e. The summed E-state index contributed by atoms with van der Waals surface area (Å²) in [7, 11) is 2.27. The molecule has 5 nitrogen and oxygen atoms in total. The molecule has 2 saturated heterocycles. The van der Waals surface area contributed by atoms with E-state index in [1.165, 1.54) is 37.8 Å². The zero-order valence-corrected chi connectivity index (χ0v) is 16.2. The van der Waals surface area contributed by atoms with Crippen molar-refractivity contribution in [3.05, 3.63) is 17.6 Å². The smallest absolute Gasteiger partial charge is 0.132 e. The first-order chi connectivity index (χ1) is 12.2. The molecule has 2 fully saturated rings. The second kappa shape index (κ2) is 8.95. The molecule has 1 atom stereocenters. The summed E-state index contributed by atoms with van der Waals surface area (Å²) in [5, 5.41) is 0. The van der Waals surface area contributed by atoms with Gasteiger partial charge >= 0.3 is 0 Å². The second-order valence-electron chi connectivity index (χ2n) is 7.66. The van der Waals surface area contributed by atoms with E-state index >= 15 is 0 Å². The number of hydrogen-bond acceptors (Lipinski definition) is 5. The van der Waals surface area contributed by atoms with E-state index in [4.69, 9.17) is 4.74 Å². The number of piperidine rings is 1. The summed E-state index contributed by atoms with van der Waals surface area (Å²) in [6.07, 6.45) is 8.80. The van der Waals surface area contributed by atoms with Crippen molar-refractivity contribution >= 4 is 5.82 Å². The SMILES string of the molecule is CCCc1cc(N2CCC(N(C)C[C@@H]3CCCCO3)CC2)nc(C)n1. The van der Waals surface area contributed by atoms with Gasteiger partial charge < -0.3 is 14.5 Å².